The quantitative estimate of drug-likeness (QED) is 0.290. The molecule has 3 aromatic carbocycles. The van der Waals surface area contributed by atoms with Gasteiger partial charge in [0.25, 0.3) is 5.91 Å². The summed E-state index contributed by atoms with van der Waals surface area (Å²) in [7, 11) is -2.28. The second kappa shape index (κ2) is 11.4. The lowest BCUT2D eigenvalue weighted by Crippen LogP contribution is -2.33. The summed E-state index contributed by atoms with van der Waals surface area (Å²) in [5.74, 6) is 0.333. The molecule has 1 amide bonds. The average Bonchev–Trinajstić information content (AvgIpc) is 3.39. The third-order valence-corrected chi connectivity index (χ3v) is 9.00. The number of fused-ring (bicyclic) bond motifs is 1. The molecule has 0 fully saturated rings. The number of aryl methyl sites for hydroxylation is 2. The number of hydrogen-bond donors (Lipinski definition) is 1. The molecule has 8 heteroatoms. The zero-order valence-corrected chi connectivity index (χ0v) is 22.8. The van der Waals surface area contributed by atoms with E-state index in [4.69, 9.17) is 4.74 Å². The predicted octanol–water partition coefficient (Wildman–Crippen LogP) is 5.78. The van der Waals surface area contributed by atoms with Crippen molar-refractivity contribution in [1.82, 2.24) is 9.29 Å². The molecule has 1 heterocycles. The van der Waals surface area contributed by atoms with Crippen LogP contribution in [-0.4, -0.2) is 30.7 Å². The fourth-order valence-electron chi connectivity index (χ4n) is 4.99. The van der Waals surface area contributed by atoms with Crippen LogP contribution in [0.4, 0.5) is 5.69 Å². The Kier molecular flexibility index (Phi) is 7.77. The van der Waals surface area contributed by atoms with E-state index in [0.29, 0.717) is 23.4 Å². The van der Waals surface area contributed by atoms with Crippen LogP contribution in [0.15, 0.2) is 96.2 Å². The molecule has 0 saturated heterocycles. The van der Waals surface area contributed by atoms with E-state index in [1.165, 1.54) is 0 Å². The highest BCUT2D eigenvalue weighted by molar-refractivity contribution is 7.89. The number of anilines is 1. The lowest BCUT2D eigenvalue weighted by atomic mass is 10.1. The van der Waals surface area contributed by atoms with Crippen LogP contribution in [0.2, 0.25) is 0 Å². The summed E-state index contributed by atoms with van der Waals surface area (Å²) >= 11 is 0. The van der Waals surface area contributed by atoms with E-state index in [1.54, 1.807) is 60.2 Å². The minimum Gasteiger partial charge on any atom is -0.497 e. The first-order valence-electron chi connectivity index (χ1n) is 13.0. The standard InChI is InChI=1S/C31H31N3O4S/c1-3-22-9-14-28(15-10-22)39(36,37)34(21-23-6-5-17-32-20-23)30-16-12-24-11-13-26(19-29(24)30)33-31(35)25-7-4-8-27(18-25)38-2/h4-11,13-15,17-20,30H,3,12,16,21H2,1-2H3,(H,33,35). The van der Waals surface area contributed by atoms with Crippen LogP contribution in [0, 0.1) is 0 Å². The first-order chi connectivity index (χ1) is 18.9. The van der Waals surface area contributed by atoms with Gasteiger partial charge in [0.1, 0.15) is 5.75 Å². The van der Waals surface area contributed by atoms with Crippen molar-refractivity contribution in [2.75, 3.05) is 12.4 Å². The molecule has 1 aliphatic carbocycles. The average molecular weight is 542 g/mol. The Labute approximate surface area is 229 Å². The van der Waals surface area contributed by atoms with Gasteiger partial charge in [-0.2, -0.15) is 4.31 Å². The number of carbonyl (C=O) groups is 1. The highest BCUT2D eigenvalue weighted by Gasteiger charge is 2.36. The molecule has 0 radical (unpaired) electrons. The molecule has 7 nitrogen and oxygen atoms in total. The summed E-state index contributed by atoms with van der Waals surface area (Å²) in [5, 5.41) is 2.96. The molecule has 1 atom stereocenters. The van der Waals surface area contributed by atoms with E-state index in [9.17, 15) is 13.2 Å². The molecule has 1 N–H and O–H groups in total. The summed E-state index contributed by atoms with van der Waals surface area (Å²) in [6, 6.07) is 23.1. The van der Waals surface area contributed by atoms with Gasteiger partial charge in [-0.25, -0.2) is 8.42 Å². The monoisotopic (exact) mass is 541 g/mol. The fraction of sp³-hybridized carbons (Fsp3) is 0.226. The van der Waals surface area contributed by atoms with Gasteiger partial charge >= 0.3 is 0 Å². The summed E-state index contributed by atoms with van der Waals surface area (Å²) < 4.78 is 34.9. The van der Waals surface area contributed by atoms with Gasteiger partial charge in [0.15, 0.2) is 0 Å². The molecule has 5 rings (SSSR count). The van der Waals surface area contributed by atoms with Crippen molar-refractivity contribution < 1.29 is 17.9 Å². The zero-order valence-electron chi connectivity index (χ0n) is 22.0. The number of amides is 1. The Morgan fingerprint density at radius 1 is 1.03 bits per heavy atom. The number of benzene rings is 3. The zero-order chi connectivity index (χ0) is 27.4. The number of nitrogens with zero attached hydrogens (tertiary/aromatic N) is 2. The topological polar surface area (TPSA) is 88.6 Å². The molecular formula is C31H31N3O4S. The largest absolute Gasteiger partial charge is 0.497 e. The molecule has 0 saturated carbocycles. The minimum absolute atomic E-state index is 0.191. The van der Waals surface area contributed by atoms with Crippen LogP contribution in [0.25, 0.3) is 0 Å². The lowest BCUT2D eigenvalue weighted by Gasteiger charge is -2.29. The first kappa shape index (κ1) is 26.6. The Balaban J connectivity index is 1.48. The van der Waals surface area contributed by atoms with Crippen molar-refractivity contribution in [1.29, 1.82) is 0 Å². The van der Waals surface area contributed by atoms with E-state index < -0.39 is 10.0 Å². The third-order valence-electron chi connectivity index (χ3n) is 7.13. The van der Waals surface area contributed by atoms with Gasteiger partial charge in [-0.15, -0.1) is 0 Å². The second-order valence-corrected chi connectivity index (χ2v) is 11.5. The highest BCUT2D eigenvalue weighted by atomic mass is 32.2. The Hall–Kier alpha value is -4.01. The molecule has 1 aromatic heterocycles. The normalized spacial score (nSPS) is 14.7. The molecule has 1 aliphatic rings. The van der Waals surface area contributed by atoms with Crippen molar-refractivity contribution in [2.45, 2.75) is 43.7 Å². The molecule has 4 aromatic rings. The van der Waals surface area contributed by atoms with Gasteiger partial charge in [-0.3, -0.25) is 9.78 Å². The van der Waals surface area contributed by atoms with Gasteiger partial charge in [0.05, 0.1) is 18.0 Å². The summed E-state index contributed by atoms with van der Waals surface area (Å²) in [6.07, 6.45) is 5.60. The number of aromatic nitrogens is 1. The van der Waals surface area contributed by atoms with Crippen molar-refractivity contribution >= 4 is 21.6 Å². The number of methoxy groups -OCH3 is 1. The molecular weight excluding hydrogens is 510 g/mol. The Morgan fingerprint density at radius 3 is 2.56 bits per heavy atom. The minimum atomic E-state index is -3.83. The number of ether oxygens (including phenoxy) is 1. The van der Waals surface area contributed by atoms with Crippen LogP contribution in [0.1, 0.15) is 52.0 Å². The number of carbonyl (C=O) groups excluding carboxylic acids is 1. The molecule has 0 spiro atoms. The molecule has 39 heavy (non-hydrogen) atoms. The molecule has 0 aliphatic heterocycles. The van der Waals surface area contributed by atoms with Gasteiger partial charge in [-0.05, 0) is 90.0 Å². The molecule has 1 unspecified atom stereocenters. The summed E-state index contributed by atoms with van der Waals surface area (Å²) in [6.45, 7) is 2.23. The fourth-order valence-corrected chi connectivity index (χ4v) is 6.62. The van der Waals surface area contributed by atoms with Gasteiger partial charge < -0.3 is 10.1 Å². The number of rotatable bonds is 9. The van der Waals surface area contributed by atoms with E-state index in [1.807, 2.05) is 49.4 Å². The van der Waals surface area contributed by atoms with E-state index in [-0.39, 0.29) is 23.4 Å². The smallest absolute Gasteiger partial charge is 0.255 e. The molecule has 0 bridgehead atoms. The van der Waals surface area contributed by atoms with Crippen LogP contribution in [0.5, 0.6) is 5.75 Å². The summed E-state index contributed by atoms with van der Waals surface area (Å²) in [5.41, 5.74) is 4.95. The Bertz CT molecular complexity index is 1570. The summed E-state index contributed by atoms with van der Waals surface area (Å²) in [4.78, 5) is 17.4. The molecule has 200 valence electrons. The van der Waals surface area contributed by atoms with Gasteiger partial charge in [-0.1, -0.05) is 37.3 Å². The SMILES string of the molecule is CCc1ccc(S(=O)(=O)N(Cc2cccnc2)C2CCc3ccc(NC(=O)c4cccc(OC)c4)cc32)cc1. The van der Waals surface area contributed by atoms with Crippen molar-refractivity contribution in [2.24, 2.45) is 0 Å². The first-order valence-corrected chi connectivity index (χ1v) is 14.4. The van der Waals surface area contributed by atoms with E-state index in [0.717, 1.165) is 35.1 Å². The van der Waals surface area contributed by atoms with Gasteiger partial charge in [0.2, 0.25) is 10.0 Å². The highest BCUT2D eigenvalue weighted by Crippen LogP contribution is 2.41. The third kappa shape index (κ3) is 5.72. The van der Waals surface area contributed by atoms with Crippen LogP contribution < -0.4 is 10.1 Å². The van der Waals surface area contributed by atoms with E-state index >= 15 is 0 Å². The maximum atomic E-state index is 14.1. The number of nitrogens with one attached hydrogen (secondary N) is 1. The predicted molar refractivity (Wildman–Crippen MR) is 151 cm³/mol. The lowest BCUT2D eigenvalue weighted by molar-refractivity contribution is 0.102. The maximum absolute atomic E-state index is 14.1. The van der Waals surface area contributed by atoms with Crippen LogP contribution in [-0.2, 0) is 29.4 Å². The van der Waals surface area contributed by atoms with Crippen molar-refractivity contribution in [3.63, 3.8) is 0 Å². The number of pyridine rings is 1. The number of sulfonamides is 1. The Morgan fingerprint density at radius 2 is 1.85 bits per heavy atom. The maximum Gasteiger partial charge on any atom is 0.255 e. The van der Waals surface area contributed by atoms with Crippen molar-refractivity contribution in [3.05, 3.63) is 119 Å². The van der Waals surface area contributed by atoms with Crippen LogP contribution in [0.3, 0.4) is 0 Å². The van der Waals surface area contributed by atoms with Crippen LogP contribution >= 0.6 is 0 Å². The number of hydrogen-bond acceptors (Lipinski definition) is 5. The second-order valence-electron chi connectivity index (χ2n) is 9.56. The van der Waals surface area contributed by atoms with Gasteiger partial charge in [0, 0.05) is 30.2 Å². The van der Waals surface area contributed by atoms with E-state index in [2.05, 4.69) is 10.3 Å². The van der Waals surface area contributed by atoms with Crippen molar-refractivity contribution in [3.8, 4) is 5.75 Å².